The van der Waals surface area contributed by atoms with Gasteiger partial charge in [0, 0.05) is 52.2 Å². The predicted octanol–water partition coefficient (Wildman–Crippen LogP) is 1.71. The monoisotopic (exact) mass is 497 g/mol. The van der Waals surface area contributed by atoms with E-state index in [9.17, 15) is 8.42 Å². The number of halogens is 1. The summed E-state index contributed by atoms with van der Waals surface area (Å²) in [5.74, 6) is 1.34. The molecule has 1 aliphatic rings. The summed E-state index contributed by atoms with van der Waals surface area (Å²) < 4.78 is 26.9. The number of aryl methyl sites for hydroxylation is 1. The number of piperidine rings is 1. The third-order valence-corrected chi connectivity index (χ3v) is 5.99. The largest absolute Gasteiger partial charge is 0.357 e. The molecule has 0 saturated carbocycles. The Morgan fingerprint density at radius 1 is 1.38 bits per heavy atom. The summed E-state index contributed by atoms with van der Waals surface area (Å²) in [7, 11) is 1.03. The fourth-order valence-electron chi connectivity index (χ4n) is 3.09. The number of aliphatic imine (C=N–C) groups is 1. The lowest BCUT2D eigenvalue weighted by Crippen LogP contribution is -2.40. The topological polar surface area (TPSA) is 69.9 Å². The van der Waals surface area contributed by atoms with Crippen LogP contribution in [0, 0.1) is 5.92 Å². The van der Waals surface area contributed by atoms with Gasteiger partial charge in [0.25, 0.3) is 0 Å². The van der Waals surface area contributed by atoms with Crippen LogP contribution in [0.25, 0.3) is 0 Å². The zero-order valence-corrected chi connectivity index (χ0v) is 19.3. The Morgan fingerprint density at radius 3 is 2.54 bits per heavy atom. The lowest BCUT2D eigenvalue weighted by Gasteiger charge is -2.30. The molecule has 0 atom stereocenters. The third-order valence-electron chi connectivity index (χ3n) is 4.69. The molecule has 0 aromatic carbocycles. The maximum atomic E-state index is 11.6. The quantitative estimate of drug-likeness (QED) is 0.369. The summed E-state index contributed by atoms with van der Waals surface area (Å²) in [5.41, 5.74) is 1.23. The van der Waals surface area contributed by atoms with E-state index < -0.39 is 10.0 Å². The van der Waals surface area contributed by atoms with Crippen LogP contribution in [-0.2, 0) is 23.6 Å². The highest BCUT2D eigenvalue weighted by molar-refractivity contribution is 14.0. The van der Waals surface area contributed by atoms with Crippen molar-refractivity contribution in [2.45, 2.75) is 26.3 Å². The first-order chi connectivity index (χ1) is 11.8. The molecule has 0 radical (unpaired) electrons. The van der Waals surface area contributed by atoms with Crippen molar-refractivity contribution in [1.82, 2.24) is 19.1 Å². The SMILES string of the molecule is CCNC(=NCC1CCN(S(C)(=O)=O)CC1)N(C)Cc1cccn1C.I. The first-order valence-corrected chi connectivity index (χ1v) is 10.7. The molecule has 0 spiro atoms. The highest BCUT2D eigenvalue weighted by Crippen LogP contribution is 2.19. The normalized spacial score (nSPS) is 17.0. The maximum absolute atomic E-state index is 11.6. The molecule has 1 fully saturated rings. The second kappa shape index (κ2) is 10.5. The van der Waals surface area contributed by atoms with Gasteiger partial charge in [0.15, 0.2) is 5.96 Å². The molecule has 1 aromatic rings. The van der Waals surface area contributed by atoms with Crippen molar-refractivity contribution in [3.05, 3.63) is 24.0 Å². The van der Waals surface area contributed by atoms with Crippen molar-refractivity contribution in [3.63, 3.8) is 0 Å². The molecule has 1 aromatic heterocycles. The Morgan fingerprint density at radius 2 is 2.04 bits per heavy atom. The molecule has 1 aliphatic heterocycles. The van der Waals surface area contributed by atoms with E-state index in [2.05, 4.69) is 27.8 Å². The van der Waals surface area contributed by atoms with Gasteiger partial charge in [-0.25, -0.2) is 12.7 Å². The van der Waals surface area contributed by atoms with Gasteiger partial charge in [0.1, 0.15) is 0 Å². The minimum atomic E-state index is -3.06. The van der Waals surface area contributed by atoms with Gasteiger partial charge >= 0.3 is 0 Å². The van der Waals surface area contributed by atoms with Gasteiger partial charge in [-0.3, -0.25) is 4.99 Å². The lowest BCUT2D eigenvalue weighted by molar-refractivity contribution is 0.279. The first kappa shape index (κ1) is 23.2. The van der Waals surface area contributed by atoms with E-state index in [1.807, 2.05) is 26.4 Å². The zero-order valence-electron chi connectivity index (χ0n) is 16.2. The van der Waals surface area contributed by atoms with E-state index in [1.54, 1.807) is 4.31 Å². The second-order valence-corrected chi connectivity index (χ2v) is 8.75. The number of rotatable bonds is 6. The van der Waals surface area contributed by atoms with Crippen molar-refractivity contribution in [2.24, 2.45) is 18.0 Å². The Hall–Kier alpha value is -0.810. The maximum Gasteiger partial charge on any atom is 0.211 e. The van der Waals surface area contributed by atoms with Gasteiger partial charge in [0.2, 0.25) is 10.0 Å². The Bertz CT molecular complexity index is 681. The summed E-state index contributed by atoms with van der Waals surface area (Å²) in [5, 5.41) is 3.35. The summed E-state index contributed by atoms with van der Waals surface area (Å²) in [6.45, 7) is 5.63. The zero-order chi connectivity index (χ0) is 18.4. The van der Waals surface area contributed by atoms with Crippen molar-refractivity contribution in [1.29, 1.82) is 0 Å². The van der Waals surface area contributed by atoms with E-state index in [4.69, 9.17) is 4.99 Å². The summed E-state index contributed by atoms with van der Waals surface area (Å²) in [6.07, 6.45) is 5.07. The number of nitrogens with zero attached hydrogens (tertiary/aromatic N) is 4. The van der Waals surface area contributed by atoms with Crippen molar-refractivity contribution < 1.29 is 8.42 Å². The number of guanidine groups is 1. The lowest BCUT2D eigenvalue weighted by atomic mass is 9.98. The minimum absolute atomic E-state index is 0. The molecule has 0 amide bonds. The van der Waals surface area contributed by atoms with E-state index in [0.717, 1.165) is 38.4 Å². The van der Waals surface area contributed by atoms with Crippen LogP contribution in [0.1, 0.15) is 25.5 Å². The molecule has 2 rings (SSSR count). The van der Waals surface area contributed by atoms with Crippen LogP contribution in [0.3, 0.4) is 0 Å². The van der Waals surface area contributed by atoms with E-state index >= 15 is 0 Å². The first-order valence-electron chi connectivity index (χ1n) is 8.86. The molecule has 1 saturated heterocycles. The standard InChI is InChI=1S/C17H31N5O2S.HI/c1-5-18-17(21(3)14-16-7-6-10-20(16)2)19-13-15-8-11-22(12-9-15)25(4,23)24;/h6-7,10,15H,5,8-9,11-14H2,1-4H3,(H,18,19);1H. The molecule has 2 heterocycles. The van der Waals surface area contributed by atoms with Crippen LogP contribution in [0.5, 0.6) is 0 Å². The molecule has 7 nitrogen and oxygen atoms in total. The second-order valence-electron chi connectivity index (χ2n) is 6.77. The Balaban J connectivity index is 0.00000338. The molecular weight excluding hydrogens is 465 g/mol. The van der Waals surface area contributed by atoms with Gasteiger partial charge in [-0.05, 0) is 37.8 Å². The number of hydrogen-bond donors (Lipinski definition) is 1. The highest BCUT2D eigenvalue weighted by atomic mass is 127. The Kier molecular flexibility index (Phi) is 9.39. The van der Waals surface area contributed by atoms with Crippen LogP contribution >= 0.6 is 24.0 Å². The molecule has 0 unspecified atom stereocenters. The summed E-state index contributed by atoms with van der Waals surface area (Å²) in [6, 6.07) is 4.16. The molecule has 9 heteroatoms. The van der Waals surface area contributed by atoms with Crippen molar-refractivity contribution in [3.8, 4) is 0 Å². The van der Waals surface area contributed by atoms with Crippen LogP contribution in [-0.4, -0.2) is 67.6 Å². The molecular formula is C17H32IN5O2S. The summed E-state index contributed by atoms with van der Waals surface area (Å²) >= 11 is 0. The Labute approximate surface area is 174 Å². The number of hydrogen-bond acceptors (Lipinski definition) is 3. The van der Waals surface area contributed by atoms with E-state index in [0.29, 0.717) is 19.0 Å². The van der Waals surface area contributed by atoms with Gasteiger partial charge < -0.3 is 14.8 Å². The van der Waals surface area contributed by atoms with Crippen LogP contribution in [0.2, 0.25) is 0 Å². The van der Waals surface area contributed by atoms with E-state index in [1.165, 1.54) is 11.9 Å². The fraction of sp³-hybridized carbons (Fsp3) is 0.706. The molecule has 0 aliphatic carbocycles. The molecule has 0 bridgehead atoms. The fourth-order valence-corrected chi connectivity index (χ4v) is 3.96. The highest BCUT2D eigenvalue weighted by Gasteiger charge is 2.24. The van der Waals surface area contributed by atoms with Gasteiger partial charge in [-0.1, -0.05) is 0 Å². The van der Waals surface area contributed by atoms with Crippen molar-refractivity contribution >= 4 is 40.0 Å². The van der Waals surface area contributed by atoms with Gasteiger partial charge in [-0.15, -0.1) is 24.0 Å². The predicted molar refractivity (Wildman–Crippen MR) is 117 cm³/mol. The van der Waals surface area contributed by atoms with Crippen LogP contribution < -0.4 is 5.32 Å². The molecule has 150 valence electrons. The number of nitrogens with one attached hydrogen (secondary N) is 1. The van der Waals surface area contributed by atoms with E-state index in [-0.39, 0.29) is 24.0 Å². The smallest absolute Gasteiger partial charge is 0.211 e. The molecule has 26 heavy (non-hydrogen) atoms. The number of aromatic nitrogens is 1. The van der Waals surface area contributed by atoms with Gasteiger partial charge in [-0.2, -0.15) is 0 Å². The van der Waals surface area contributed by atoms with Crippen molar-refractivity contribution in [2.75, 3.05) is 39.5 Å². The molecule has 1 N–H and O–H groups in total. The summed E-state index contributed by atoms with van der Waals surface area (Å²) in [4.78, 5) is 6.92. The third kappa shape index (κ3) is 6.73. The number of sulfonamides is 1. The average molecular weight is 497 g/mol. The van der Waals surface area contributed by atoms with Crippen LogP contribution in [0.15, 0.2) is 23.3 Å². The average Bonchev–Trinajstić information content (AvgIpc) is 2.96. The minimum Gasteiger partial charge on any atom is -0.357 e. The van der Waals surface area contributed by atoms with Crippen LogP contribution in [0.4, 0.5) is 0 Å². The van der Waals surface area contributed by atoms with Gasteiger partial charge in [0.05, 0.1) is 12.8 Å².